The van der Waals surface area contributed by atoms with E-state index < -0.39 is 4.92 Å². The molecule has 2 rings (SSSR count). The summed E-state index contributed by atoms with van der Waals surface area (Å²) in [6.45, 7) is 0. The average Bonchev–Trinajstić information content (AvgIpc) is 2.39. The van der Waals surface area contributed by atoms with Gasteiger partial charge in [-0.15, -0.1) is 0 Å². The number of rotatable bonds is 4. The van der Waals surface area contributed by atoms with Crippen LogP contribution in [0, 0.1) is 10.1 Å². The molecule has 0 heterocycles. The van der Waals surface area contributed by atoms with Crippen molar-refractivity contribution in [2.45, 2.75) is 0 Å². The number of nitro groups is 1. The number of nitrogens with one attached hydrogen (secondary N) is 1. The second-order valence-corrected chi connectivity index (χ2v) is 3.49. The summed E-state index contributed by atoms with van der Waals surface area (Å²) in [7, 11) is 0. The third-order valence-corrected chi connectivity index (χ3v) is 2.25. The molecule has 0 fully saturated rings. The van der Waals surface area contributed by atoms with E-state index in [0.29, 0.717) is 17.2 Å². The SMILES string of the molecule is O=[N+]([O-])c1ccc(Oc2cccc(NO)c2)cc1. The molecule has 0 saturated carbocycles. The quantitative estimate of drug-likeness (QED) is 0.639. The number of hydrogen-bond acceptors (Lipinski definition) is 5. The summed E-state index contributed by atoms with van der Waals surface area (Å²) < 4.78 is 5.48. The third kappa shape index (κ3) is 2.74. The molecule has 0 unspecified atom stereocenters. The second kappa shape index (κ2) is 5.15. The Hall–Kier alpha value is -2.60. The molecule has 0 aliphatic heterocycles. The molecule has 0 aliphatic rings. The van der Waals surface area contributed by atoms with Crippen molar-refractivity contribution in [3.05, 3.63) is 58.6 Å². The van der Waals surface area contributed by atoms with Crippen LogP contribution in [-0.2, 0) is 0 Å². The van der Waals surface area contributed by atoms with E-state index in [4.69, 9.17) is 9.94 Å². The van der Waals surface area contributed by atoms with Crippen molar-refractivity contribution in [1.29, 1.82) is 0 Å². The number of hydrogen-bond donors (Lipinski definition) is 2. The molecule has 18 heavy (non-hydrogen) atoms. The standard InChI is InChI=1S/C12H10N2O4/c15-13-9-2-1-3-12(8-9)18-11-6-4-10(5-7-11)14(16)17/h1-8,13,15H. The number of ether oxygens (including phenoxy) is 1. The zero-order chi connectivity index (χ0) is 13.0. The first-order valence-corrected chi connectivity index (χ1v) is 5.11. The summed E-state index contributed by atoms with van der Waals surface area (Å²) >= 11 is 0. The summed E-state index contributed by atoms with van der Waals surface area (Å²) in [6, 6.07) is 12.4. The smallest absolute Gasteiger partial charge is 0.269 e. The van der Waals surface area contributed by atoms with Gasteiger partial charge in [-0.1, -0.05) is 6.07 Å². The Balaban J connectivity index is 2.15. The van der Waals surface area contributed by atoms with Crippen molar-refractivity contribution in [3.8, 4) is 11.5 Å². The second-order valence-electron chi connectivity index (χ2n) is 3.49. The molecule has 2 aromatic carbocycles. The highest BCUT2D eigenvalue weighted by Gasteiger charge is 2.05. The molecule has 6 heteroatoms. The van der Waals surface area contributed by atoms with E-state index in [2.05, 4.69) is 0 Å². The largest absolute Gasteiger partial charge is 0.457 e. The van der Waals surface area contributed by atoms with E-state index in [-0.39, 0.29) is 5.69 Å². The Morgan fingerprint density at radius 1 is 1.11 bits per heavy atom. The van der Waals surface area contributed by atoms with Gasteiger partial charge in [0, 0.05) is 18.2 Å². The number of nitrogens with zero attached hydrogens (tertiary/aromatic N) is 1. The molecule has 0 radical (unpaired) electrons. The van der Waals surface area contributed by atoms with Crippen LogP contribution in [0.25, 0.3) is 0 Å². The van der Waals surface area contributed by atoms with E-state index in [9.17, 15) is 10.1 Å². The highest BCUT2D eigenvalue weighted by Crippen LogP contribution is 2.25. The predicted octanol–water partition coefficient (Wildman–Crippen LogP) is 3.19. The van der Waals surface area contributed by atoms with Gasteiger partial charge in [-0.05, 0) is 24.3 Å². The van der Waals surface area contributed by atoms with Crippen molar-refractivity contribution < 1.29 is 14.9 Å². The van der Waals surface area contributed by atoms with Crippen molar-refractivity contribution in [2.75, 3.05) is 5.48 Å². The highest BCUT2D eigenvalue weighted by molar-refractivity contribution is 5.47. The first-order valence-electron chi connectivity index (χ1n) is 5.11. The lowest BCUT2D eigenvalue weighted by Gasteiger charge is -2.06. The van der Waals surface area contributed by atoms with Gasteiger partial charge in [-0.2, -0.15) is 0 Å². The zero-order valence-electron chi connectivity index (χ0n) is 9.24. The maximum Gasteiger partial charge on any atom is 0.269 e. The van der Waals surface area contributed by atoms with Gasteiger partial charge in [-0.3, -0.25) is 20.8 Å². The normalized spacial score (nSPS) is 9.83. The molecule has 0 spiro atoms. The van der Waals surface area contributed by atoms with Crippen LogP contribution in [0.5, 0.6) is 11.5 Å². The van der Waals surface area contributed by atoms with Gasteiger partial charge in [0.25, 0.3) is 5.69 Å². The molecule has 0 amide bonds. The van der Waals surface area contributed by atoms with E-state index in [1.165, 1.54) is 24.3 Å². The predicted molar refractivity (Wildman–Crippen MR) is 65.0 cm³/mol. The Labute approximate surface area is 103 Å². The van der Waals surface area contributed by atoms with E-state index in [1.807, 2.05) is 5.48 Å². The number of anilines is 1. The molecule has 92 valence electrons. The average molecular weight is 246 g/mol. The lowest BCUT2D eigenvalue weighted by atomic mass is 10.3. The zero-order valence-corrected chi connectivity index (χ0v) is 9.24. The molecule has 2 N–H and O–H groups in total. The van der Waals surface area contributed by atoms with Gasteiger partial charge in [0.05, 0.1) is 10.6 Å². The monoisotopic (exact) mass is 246 g/mol. The van der Waals surface area contributed by atoms with Crippen molar-refractivity contribution >= 4 is 11.4 Å². The maximum absolute atomic E-state index is 10.5. The highest BCUT2D eigenvalue weighted by atomic mass is 16.6. The lowest BCUT2D eigenvalue weighted by Crippen LogP contribution is -1.91. The van der Waals surface area contributed by atoms with Crippen LogP contribution >= 0.6 is 0 Å². The van der Waals surface area contributed by atoms with Gasteiger partial charge in [0.1, 0.15) is 11.5 Å². The van der Waals surface area contributed by atoms with Crippen LogP contribution in [0.2, 0.25) is 0 Å². The van der Waals surface area contributed by atoms with Gasteiger partial charge < -0.3 is 4.74 Å². The lowest BCUT2D eigenvalue weighted by molar-refractivity contribution is -0.384. The summed E-state index contributed by atoms with van der Waals surface area (Å²) in [5, 5.41) is 19.2. The minimum absolute atomic E-state index is 0.00752. The molecule has 0 aliphatic carbocycles. The van der Waals surface area contributed by atoms with Crippen molar-refractivity contribution in [1.82, 2.24) is 0 Å². The fourth-order valence-corrected chi connectivity index (χ4v) is 1.40. The van der Waals surface area contributed by atoms with Crippen LogP contribution in [0.1, 0.15) is 0 Å². The van der Waals surface area contributed by atoms with Gasteiger partial charge >= 0.3 is 0 Å². The van der Waals surface area contributed by atoms with Crippen molar-refractivity contribution in [3.63, 3.8) is 0 Å². The minimum atomic E-state index is -0.472. The fraction of sp³-hybridized carbons (Fsp3) is 0. The maximum atomic E-state index is 10.5. The first-order chi connectivity index (χ1) is 8.69. The molecule has 0 saturated heterocycles. The van der Waals surface area contributed by atoms with Crippen molar-refractivity contribution in [2.24, 2.45) is 0 Å². The Bertz CT molecular complexity index is 554. The first kappa shape index (κ1) is 11.9. The van der Waals surface area contributed by atoms with Gasteiger partial charge in [0.15, 0.2) is 0 Å². The Morgan fingerprint density at radius 2 is 1.83 bits per heavy atom. The van der Waals surface area contributed by atoms with E-state index in [1.54, 1.807) is 24.3 Å². The van der Waals surface area contributed by atoms with Crippen LogP contribution in [-0.4, -0.2) is 10.1 Å². The summed E-state index contributed by atoms with van der Waals surface area (Å²) in [5.41, 5.74) is 2.51. The number of nitro benzene ring substituents is 1. The fourth-order valence-electron chi connectivity index (χ4n) is 1.40. The molecule has 6 nitrogen and oxygen atoms in total. The van der Waals surface area contributed by atoms with Gasteiger partial charge in [-0.25, -0.2) is 0 Å². The topological polar surface area (TPSA) is 84.6 Å². The summed E-state index contributed by atoms with van der Waals surface area (Å²) in [6.07, 6.45) is 0. The summed E-state index contributed by atoms with van der Waals surface area (Å²) in [4.78, 5) is 10.0. The van der Waals surface area contributed by atoms with E-state index in [0.717, 1.165) is 0 Å². The summed E-state index contributed by atoms with van der Waals surface area (Å²) in [5.74, 6) is 0.999. The molecular weight excluding hydrogens is 236 g/mol. The third-order valence-electron chi connectivity index (χ3n) is 2.25. The number of benzene rings is 2. The van der Waals surface area contributed by atoms with Crippen LogP contribution in [0.4, 0.5) is 11.4 Å². The Kier molecular flexibility index (Phi) is 3.40. The molecule has 0 bridgehead atoms. The molecule has 0 aromatic heterocycles. The molecule has 0 atom stereocenters. The van der Waals surface area contributed by atoms with Crippen LogP contribution < -0.4 is 10.2 Å². The molecule has 2 aromatic rings. The van der Waals surface area contributed by atoms with Crippen LogP contribution in [0.15, 0.2) is 48.5 Å². The molecular formula is C12H10N2O4. The minimum Gasteiger partial charge on any atom is -0.457 e. The number of non-ortho nitro benzene ring substituents is 1. The van der Waals surface area contributed by atoms with Crippen LogP contribution in [0.3, 0.4) is 0 Å². The van der Waals surface area contributed by atoms with Gasteiger partial charge in [0.2, 0.25) is 0 Å². The van der Waals surface area contributed by atoms with E-state index >= 15 is 0 Å². The Morgan fingerprint density at radius 3 is 2.44 bits per heavy atom.